The van der Waals surface area contributed by atoms with Crippen molar-refractivity contribution in [3.8, 4) is 0 Å². The van der Waals surface area contributed by atoms with Gasteiger partial charge in [-0.25, -0.2) is 4.39 Å². The van der Waals surface area contributed by atoms with Crippen LogP contribution in [0.25, 0.3) is 0 Å². The van der Waals surface area contributed by atoms with E-state index in [1.54, 1.807) is 13.0 Å². The Kier molecular flexibility index (Phi) is 6.47. The molecule has 0 aromatic heterocycles. The lowest BCUT2D eigenvalue weighted by Crippen LogP contribution is -2.38. The van der Waals surface area contributed by atoms with Gasteiger partial charge < -0.3 is 10.0 Å². The molecule has 0 bridgehead atoms. The Morgan fingerprint density at radius 3 is 2.20 bits per heavy atom. The first-order chi connectivity index (χ1) is 9.42. The van der Waals surface area contributed by atoms with Crippen LogP contribution in [0.3, 0.4) is 0 Å². The van der Waals surface area contributed by atoms with E-state index in [1.807, 2.05) is 6.07 Å². The summed E-state index contributed by atoms with van der Waals surface area (Å²) in [7, 11) is 0. The Hall–Kier alpha value is -1.09. The van der Waals surface area contributed by atoms with Crippen molar-refractivity contribution >= 4 is 5.69 Å². The van der Waals surface area contributed by atoms with Crippen LogP contribution in [-0.4, -0.2) is 17.7 Å². The summed E-state index contributed by atoms with van der Waals surface area (Å²) in [5.41, 5.74) is 1.25. The molecule has 0 unspecified atom stereocenters. The molecule has 0 radical (unpaired) electrons. The van der Waals surface area contributed by atoms with Gasteiger partial charge in [-0.2, -0.15) is 0 Å². The van der Waals surface area contributed by atoms with Gasteiger partial charge in [0.1, 0.15) is 5.82 Å². The van der Waals surface area contributed by atoms with E-state index < -0.39 is 6.10 Å². The SMILES string of the molecule is CCC(CC)N(CC(C)C)c1cccc(F)c1[C@H](C)O. The zero-order valence-corrected chi connectivity index (χ0v) is 13.4. The van der Waals surface area contributed by atoms with E-state index in [4.69, 9.17) is 0 Å². The largest absolute Gasteiger partial charge is 0.389 e. The van der Waals surface area contributed by atoms with E-state index in [0.717, 1.165) is 25.1 Å². The summed E-state index contributed by atoms with van der Waals surface area (Å²) in [6.07, 6.45) is 1.23. The summed E-state index contributed by atoms with van der Waals surface area (Å²) in [4.78, 5) is 2.26. The highest BCUT2D eigenvalue weighted by atomic mass is 19.1. The number of nitrogens with zero attached hydrogens (tertiary/aromatic N) is 1. The lowest BCUT2D eigenvalue weighted by Gasteiger charge is -2.36. The number of anilines is 1. The van der Waals surface area contributed by atoms with Gasteiger partial charge in [0.05, 0.1) is 6.10 Å². The van der Waals surface area contributed by atoms with Crippen LogP contribution in [0.5, 0.6) is 0 Å². The maximum absolute atomic E-state index is 14.1. The van der Waals surface area contributed by atoms with Crippen molar-refractivity contribution in [1.29, 1.82) is 0 Å². The Balaban J connectivity index is 3.29. The highest BCUT2D eigenvalue weighted by Crippen LogP contribution is 2.32. The van der Waals surface area contributed by atoms with Crippen molar-refractivity contribution in [3.63, 3.8) is 0 Å². The predicted octanol–water partition coefficient (Wildman–Crippen LogP) is 4.53. The van der Waals surface area contributed by atoms with Gasteiger partial charge in [-0.1, -0.05) is 33.8 Å². The van der Waals surface area contributed by atoms with Gasteiger partial charge in [0.15, 0.2) is 0 Å². The number of hydrogen-bond donors (Lipinski definition) is 1. The van der Waals surface area contributed by atoms with Gasteiger partial charge in [-0.05, 0) is 37.8 Å². The molecule has 0 aliphatic heterocycles. The second-order valence-electron chi connectivity index (χ2n) is 5.87. The van der Waals surface area contributed by atoms with Crippen LogP contribution >= 0.6 is 0 Å². The van der Waals surface area contributed by atoms with Crippen molar-refractivity contribution < 1.29 is 9.50 Å². The molecule has 0 heterocycles. The molecule has 1 N–H and O–H groups in total. The average Bonchev–Trinajstić information content (AvgIpc) is 2.37. The Labute approximate surface area is 122 Å². The molecule has 0 saturated carbocycles. The van der Waals surface area contributed by atoms with E-state index in [2.05, 4.69) is 32.6 Å². The van der Waals surface area contributed by atoms with Crippen molar-refractivity contribution in [2.24, 2.45) is 5.92 Å². The van der Waals surface area contributed by atoms with Crippen molar-refractivity contribution in [1.82, 2.24) is 0 Å². The lowest BCUT2D eigenvalue weighted by atomic mass is 10.0. The molecule has 1 aromatic carbocycles. The van der Waals surface area contributed by atoms with Crippen LogP contribution in [0.2, 0.25) is 0 Å². The summed E-state index contributed by atoms with van der Waals surface area (Å²) in [5, 5.41) is 9.93. The molecule has 0 saturated heterocycles. The zero-order valence-electron chi connectivity index (χ0n) is 13.4. The molecule has 114 valence electrons. The molecule has 0 fully saturated rings. The third kappa shape index (κ3) is 3.95. The number of rotatable bonds is 7. The topological polar surface area (TPSA) is 23.5 Å². The normalized spacial score (nSPS) is 13.1. The second kappa shape index (κ2) is 7.63. The lowest BCUT2D eigenvalue weighted by molar-refractivity contribution is 0.194. The Bertz CT molecular complexity index is 413. The standard InChI is InChI=1S/C17H28FNO/c1-6-14(7-2)19(11-12(3)4)16-10-8-9-15(18)17(16)13(5)20/h8-10,12-14,20H,6-7,11H2,1-5H3/t13-/m0/s1. The van der Waals surface area contributed by atoms with Crippen LogP contribution in [0.1, 0.15) is 59.1 Å². The first-order valence-corrected chi connectivity index (χ1v) is 7.65. The number of benzene rings is 1. The molecule has 2 nitrogen and oxygen atoms in total. The van der Waals surface area contributed by atoms with E-state index in [0.29, 0.717) is 17.5 Å². The summed E-state index contributed by atoms with van der Waals surface area (Å²) < 4.78 is 14.1. The van der Waals surface area contributed by atoms with Crippen molar-refractivity contribution in [2.45, 2.75) is 59.6 Å². The average molecular weight is 281 g/mol. The molecule has 0 aliphatic rings. The van der Waals surface area contributed by atoms with Gasteiger partial charge in [0.25, 0.3) is 0 Å². The predicted molar refractivity (Wildman–Crippen MR) is 83.6 cm³/mol. The molecule has 3 heteroatoms. The van der Waals surface area contributed by atoms with Gasteiger partial charge in [0.2, 0.25) is 0 Å². The molecule has 1 rings (SSSR count). The fourth-order valence-electron chi connectivity index (χ4n) is 2.76. The van der Waals surface area contributed by atoms with Crippen LogP contribution in [0.15, 0.2) is 18.2 Å². The van der Waals surface area contributed by atoms with Gasteiger partial charge in [-0.15, -0.1) is 0 Å². The molecule has 0 spiro atoms. The quantitative estimate of drug-likeness (QED) is 0.793. The molecular weight excluding hydrogens is 253 g/mol. The van der Waals surface area contributed by atoms with Gasteiger partial charge in [0, 0.05) is 23.8 Å². The van der Waals surface area contributed by atoms with Crippen LogP contribution < -0.4 is 4.90 Å². The van der Waals surface area contributed by atoms with E-state index >= 15 is 0 Å². The van der Waals surface area contributed by atoms with Crippen LogP contribution in [0.4, 0.5) is 10.1 Å². The van der Waals surface area contributed by atoms with E-state index in [9.17, 15) is 9.50 Å². The monoisotopic (exact) mass is 281 g/mol. The van der Waals surface area contributed by atoms with Crippen molar-refractivity contribution in [3.05, 3.63) is 29.6 Å². The number of halogens is 1. The zero-order chi connectivity index (χ0) is 15.3. The van der Waals surface area contributed by atoms with Crippen LogP contribution in [-0.2, 0) is 0 Å². The van der Waals surface area contributed by atoms with Gasteiger partial charge >= 0.3 is 0 Å². The van der Waals surface area contributed by atoms with E-state index in [1.165, 1.54) is 6.07 Å². The summed E-state index contributed by atoms with van der Waals surface area (Å²) in [6.45, 7) is 11.1. The highest BCUT2D eigenvalue weighted by molar-refractivity contribution is 5.56. The van der Waals surface area contributed by atoms with Gasteiger partial charge in [-0.3, -0.25) is 0 Å². The molecule has 0 aliphatic carbocycles. The fraction of sp³-hybridized carbons (Fsp3) is 0.647. The summed E-state index contributed by atoms with van der Waals surface area (Å²) >= 11 is 0. The summed E-state index contributed by atoms with van der Waals surface area (Å²) in [5.74, 6) is 0.165. The fourth-order valence-corrected chi connectivity index (χ4v) is 2.76. The summed E-state index contributed by atoms with van der Waals surface area (Å²) in [6, 6.07) is 5.45. The minimum Gasteiger partial charge on any atom is -0.389 e. The van der Waals surface area contributed by atoms with Crippen LogP contribution in [0, 0.1) is 11.7 Å². The number of aliphatic hydroxyl groups is 1. The minimum absolute atomic E-state index is 0.322. The molecule has 1 aromatic rings. The maximum Gasteiger partial charge on any atom is 0.131 e. The molecular formula is C17H28FNO. The Morgan fingerprint density at radius 2 is 1.75 bits per heavy atom. The molecule has 20 heavy (non-hydrogen) atoms. The minimum atomic E-state index is -0.796. The molecule has 1 atom stereocenters. The molecule has 0 amide bonds. The second-order valence-corrected chi connectivity index (χ2v) is 5.87. The highest BCUT2D eigenvalue weighted by Gasteiger charge is 2.23. The number of hydrogen-bond acceptors (Lipinski definition) is 2. The van der Waals surface area contributed by atoms with Crippen molar-refractivity contribution in [2.75, 3.05) is 11.4 Å². The number of aliphatic hydroxyl groups excluding tert-OH is 1. The third-order valence-corrected chi connectivity index (χ3v) is 3.70. The smallest absolute Gasteiger partial charge is 0.131 e. The first-order valence-electron chi connectivity index (χ1n) is 7.65. The van der Waals surface area contributed by atoms with E-state index in [-0.39, 0.29) is 5.82 Å². The first kappa shape index (κ1) is 17.0. The Morgan fingerprint density at radius 1 is 1.15 bits per heavy atom. The maximum atomic E-state index is 14.1. The third-order valence-electron chi connectivity index (χ3n) is 3.70.